The summed E-state index contributed by atoms with van der Waals surface area (Å²) in [7, 11) is 0. The molecule has 0 saturated heterocycles. The van der Waals surface area contributed by atoms with Gasteiger partial charge in [-0.2, -0.15) is 0 Å². The molecule has 0 amide bonds. The van der Waals surface area contributed by atoms with Gasteiger partial charge in [-0.15, -0.1) is 11.3 Å². The predicted molar refractivity (Wildman–Crippen MR) is 112 cm³/mol. The molecule has 0 N–H and O–H groups in total. The molecule has 1 atom stereocenters. The number of hydrogen-bond acceptors (Lipinski definition) is 5. The molecule has 6 heteroatoms. The van der Waals surface area contributed by atoms with E-state index in [0.717, 1.165) is 35.0 Å². The van der Waals surface area contributed by atoms with Crippen LogP contribution >= 0.6 is 11.3 Å². The quantitative estimate of drug-likeness (QED) is 0.606. The summed E-state index contributed by atoms with van der Waals surface area (Å²) in [5.74, 6) is 1.35. The number of fused-ring (bicyclic) bond motifs is 3. The van der Waals surface area contributed by atoms with Gasteiger partial charge in [-0.05, 0) is 62.8 Å². The Morgan fingerprint density at radius 2 is 2.21 bits per heavy atom. The van der Waals surface area contributed by atoms with Crippen LogP contribution in [0.5, 0.6) is 5.75 Å². The summed E-state index contributed by atoms with van der Waals surface area (Å²) in [6.45, 7) is 6.57. The number of ether oxygens (including phenoxy) is 1. The van der Waals surface area contributed by atoms with Gasteiger partial charge in [0.15, 0.2) is 5.78 Å². The van der Waals surface area contributed by atoms with Gasteiger partial charge in [-0.1, -0.05) is 6.92 Å². The van der Waals surface area contributed by atoms with Crippen molar-refractivity contribution < 1.29 is 9.53 Å². The predicted octanol–water partition coefficient (Wildman–Crippen LogP) is 4.23. The lowest BCUT2D eigenvalue weighted by Gasteiger charge is -2.17. The van der Waals surface area contributed by atoms with E-state index in [2.05, 4.69) is 11.9 Å². The Bertz CT molecular complexity index is 1110. The molecule has 3 aromatic rings. The smallest absolute Gasteiger partial charge is 0.262 e. The first-order chi connectivity index (χ1) is 13.5. The zero-order chi connectivity index (χ0) is 19.8. The zero-order valence-corrected chi connectivity index (χ0v) is 17.3. The molecule has 146 valence electrons. The molecule has 28 heavy (non-hydrogen) atoms. The number of nitrogens with zero attached hydrogens (tertiary/aromatic N) is 2. The van der Waals surface area contributed by atoms with Crippen molar-refractivity contribution >= 4 is 27.3 Å². The third-order valence-electron chi connectivity index (χ3n) is 5.39. The van der Waals surface area contributed by atoms with Crippen LogP contribution in [0.25, 0.3) is 10.2 Å². The van der Waals surface area contributed by atoms with Gasteiger partial charge in [0, 0.05) is 16.0 Å². The van der Waals surface area contributed by atoms with Gasteiger partial charge in [0.2, 0.25) is 0 Å². The first-order valence-electron chi connectivity index (χ1n) is 9.74. The van der Waals surface area contributed by atoms with E-state index >= 15 is 0 Å². The molecule has 0 unspecified atom stereocenters. The van der Waals surface area contributed by atoms with Gasteiger partial charge in [0.25, 0.3) is 5.56 Å². The maximum atomic E-state index is 13.3. The molecule has 1 aliphatic rings. The maximum absolute atomic E-state index is 13.3. The Balaban J connectivity index is 1.78. The Kier molecular flexibility index (Phi) is 5.06. The Morgan fingerprint density at radius 1 is 1.39 bits per heavy atom. The summed E-state index contributed by atoms with van der Waals surface area (Å²) in [6.07, 6.45) is 4.71. The normalized spacial score (nSPS) is 16.2. The number of thiophene rings is 1. The number of benzene rings is 1. The Morgan fingerprint density at radius 3 is 2.96 bits per heavy atom. The second-order valence-electron chi connectivity index (χ2n) is 7.52. The monoisotopic (exact) mass is 396 g/mol. The lowest BCUT2D eigenvalue weighted by atomic mass is 9.89. The van der Waals surface area contributed by atoms with Gasteiger partial charge in [0.1, 0.15) is 10.6 Å². The van der Waals surface area contributed by atoms with E-state index in [1.165, 1.54) is 17.4 Å². The van der Waals surface area contributed by atoms with Crippen molar-refractivity contribution in [3.05, 3.63) is 56.4 Å². The zero-order valence-electron chi connectivity index (χ0n) is 16.4. The van der Waals surface area contributed by atoms with Gasteiger partial charge < -0.3 is 4.74 Å². The van der Waals surface area contributed by atoms with Crippen LogP contribution in [0.4, 0.5) is 0 Å². The van der Waals surface area contributed by atoms with Crippen molar-refractivity contribution in [2.75, 3.05) is 6.61 Å². The summed E-state index contributed by atoms with van der Waals surface area (Å²) in [5, 5.41) is 0.773. The molecule has 0 aliphatic heterocycles. The Hall–Kier alpha value is -2.47. The van der Waals surface area contributed by atoms with Crippen molar-refractivity contribution in [2.45, 2.75) is 46.6 Å². The third kappa shape index (κ3) is 3.37. The molecule has 2 heterocycles. The molecule has 0 bridgehead atoms. The van der Waals surface area contributed by atoms with E-state index in [4.69, 9.17) is 4.74 Å². The van der Waals surface area contributed by atoms with Crippen LogP contribution in [-0.2, 0) is 19.4 Å². The first-order valence-corrected chi connectivity index (χ1v) is 10.6. The van der Waals surface area contributed by atoms with Gasteiger partial charge in [0.05, 0.1) is 24.9 Å². The molecule has 4 rings (SSSR count). The van der Waals surface area contributed by atoms with E-state index < -0.39 is 0 Å². The summed E-state index contributed by atoms with van der Waals surface area (Å²) < 4.78 is 7.35. The molecule has 0 spiro atoms. The van der Waals surface area contributed by atoms with Crippen molar-refractivity contribution in [3.8, 4) is 5.75 Å². The minimum atomic E-state index is -0.00811. The van der Waals surface area contributed by atoms with Crippen LogP contribution in [0, 0.1) is 5.92 Å². The molecular weight excluding hydrogens is 372 g/mol. The number of carbonyl (C=O) groups excluding carboxylic acids is 1. The highest BCUT2D eigenvalue weighted by Crippen LogP contribution is 2.35. The average Bonchev–Trinajstić information content (AvgIpc) is 3.03. The highest BCUT2D eigenvalue weighted by molar-refractivity contribution is 7.18. The van der Waals surface area contributed by atoms with Crippen molar-refractivity contribution in [1.29, 1.82) is 0 Å². The molecule has 0 saturated carbocycles. The van der Waals surface area contributed by atoms with E-state index in [1.54, 1.807) is 34.4 Å². The number of hydrogen-bond donors (Lipinski definition) is 0. The van der Waals surface area contributed by atoms with Crippen LogP contribution in [0.3, 0.4) is 0 Å². The summed E-state index contributed by atoms with van der Waals surface area (Å²) in [6, 6.07) is 5.38. The third-order valence-corrected chi connectivity index (χ3v) is 6.55. The highest BCUT2D eigenvalue weighted by atomic mass is 32.1. The number of aryl methyl sites for hydroxylation is 1. The minimum absolute atomic E-state index is 0.00673. The first kappa shape index (κ1) is 18.9. The van der Waals surface area contributed by atoms with Crippen molar-refractivity contribution in [3.63, 3.8) is 0 Å². The number of ketones is 1. The number of rotatable bonds is 5. The second kappa shape index (κ2) is 7.51. The van der Waals surface area contributed by atoms with Gasteiger partial charge >= 0.3 is 0 Å². The molecule has 5 nitrogen and oxygen atoms in total. The average molecular weight is 397 g/mol. The topological polar surface area (TPSA) is 61.2 Å². The lowest BCUT2D eigenvalue weighted by molar-refractivity contribution is 0.101. The molecule has 0 radical (unpaired) electrons. The molecule has 0 fully saturated rings. The molecular formula is C22H24N2O3S. The van der Waals surface area contributed by atoms with Gasteiger partial charge in [-0.3, -0.25) is 14.2 Å². The van der Waals surface area contributed by atoms with E-state index in [-0.39, 0.29) is 11.3 Å². The largest absolute Gasteiger partial charge is 0.494 e. The maximum Gasteiger partial charge on any atom is 0.262 e. The van der Waals surface area contributed by atoms with E-state index in [1.807, 2.05) is 13.0 Å². The fourth-order valence-electron chi connectivity index (χ4n) is 3.88. The molecule has 1 aliphatic carbocycles. The van der Waals surface area contributed by atoms with E-state index in [9.17, 15) is 9.59 Å². The van der Waals surface area contributed by atoms with Crippen LogP contribution < -0.4 is 10.3 Å². The number of carbonyl (C=O) groups is 1. The standard InChI is InChI=1S/C22H24N2O3S/c1-4-27-18-8-6-15(14(3)25)10-16(18)11-24-12-23-21-20(22(24)26)17-7-5-13(2)9-19(17)28-21/h6,8,10,12-13H,4-5,7,9,11H2,1-3H3/t13-/m1/s1. The van der Waals surface area contributed by atoms with Crippen LogP contribution in [0.1, 0.15) is 53.6 Å². The fraction of sp³-hybridized carbons (Fsp3) is 0.409. The van der Waals surface area contributed by atoms with Crippen molar-refractivity contribution in [2.24, 2.45) is 5.92 Å². The van der Waals surface area contributed by atoms with E-state index in [0.29, 0.717) is 30.4 Å². The summed E-state index contributed by atoms with van der Waals surface area (Å²) in [4.78, 5) is 31.8. The Labute approximate surface area is 168 Å². The number of Topliss-reactive ketones (excluding diaryl/α,β-unsaturated/α-hetero) is 1. The molecule has 1 aromatic carbocycles. The fourth-order valence-corrected chi connectivity index (χ4v) is 5.22. The van der Waals surface area contributed by atoms with Crippen molar-refractivity contribution in [1.82, 2.24) is 9.55 Å². The lowest BCUT2D eigenvalue weighted by Crippen LogP contribution is -2.22. The summed E-state index contributed by atoms with van der Waals surface area (Å²) in [5.41, 5.74) is 2.61. The second-order valence-corrected chi connectivity index (χ2v) is 8.60. The van der Waals surface area contributed by atoms with Crippen LogP contribution in [0.15, 0.2) is 29.3 Å². The van der Waals surface area contributed by atoms with Crippen LogP contribution in [-0.4, -0.2) is 21.9 Å². The SMILES string of the molecule is CCOc1ccc(C(C)=O)cc1Cn1cnc2sc3c(c2c1=O)CC[C@@H](C)C3. The highest BCUT2D eigenvalue weighted by Gasteiger charge is 2.23. The van der Waals surface area contributed by atoms with Crippen LogP contribution in [0.2, 0.25) is 0 Å². The minimum Gasteiger partial charge on any atom is -0.494 e. The summed E-state index contributed by atoms with van der Waals surface area (Å²) >= 11 is 1.66. The van der Waals surface area contributed by atoms with Gasteiger partial charge in [-0.25, -0.2) is 4.98 Å². The molecule has 2 aromatic heterocycles. The number of aromatic nitrogens is 2.